The minimum absolute atomic E-state index is 0.0864. The smallest absolute Gasteiger partial charge is 0.330 e. The number of nitrogens with zero attached hydrogens (tertiary/aromatic N) is 4. The van der Waals surface area contributed by atoms with Gasteiger partial charge in [0.1, 0.15) is 12.4 Å². The van der Waals surface area contributed by atoms with Crippen LogP contribution in [0.1, 0.15) is 31.2 Å². The summed E-state index contributed by atoms with van der Waals surface area (Å²) in [5.41, 5.74) is 0.161. The molecule has 10 heteroatoms. The Morgan fingerprint density at radius 3 is 2.75 bits per heavy atom. The van der Waals surface area contributed by atoms with Gasteiger partial charge in [-0.2, -0.15) is 0 Å². The number of hydrogen-bond acceptors (Lipinski definition) is 6. The second-order valence-corrected chi connectivity index (χ2v) is 6.54. The van der Waals surface area contributed by atoms with E-state index >= 15 is 0 Å². The molecule has 0 aliphatic heterocycles. The van der Waals surface area contributed by atoms with Gasteiger partial charge < -0.3 is 9.30 Å². The van der Waals surface area contributed by atoms with E-state index in [-0.39, 0.29) is 29.2 Å². The molecule has 1 aromatic carbocycles. The molecule has 0 saturated heterocycles. The monoisotopic (exact) mass is 387 g/mol. The first-order valence-electron chi connectivity index (χ1n) is 8.89. The van der Waals surface area contributed by atoms with Crippen molar-refractivity contribution >= 4 is 16.9 Å². The summed E-state index contributed by atoms with van der Waals surface area (Å²) >= 11 is 0. The van der Waals surface area contributed by atoms with E-state index < -0.39 is 16.2 Å². The van der Waals surface area contributed by atoms with Gasteiger partial charge in [0.2, 0.25) is 0 Å². The Morgan fingerprint density at radius 1 is 1.32 bits per heavy atom. The number of ether oxygens (including phenoxy) is 1. The molecule has 28 heavy (non-hydrogen) atoms. The zero-order valence-corrected chi connectivity index (χ0v) is 15.9. The predicted molar refractivity (Wildman–Crippen MR) is 103 cm³/mol. The van der Waals surface area contributed by atoms with E-state index in [1.165, 1.54) is 15.2 Å². The van der Waals surface area contributed by atoms with E-state index in [0.717, 1.165) is 18.4 Å². The molecule has 0 amide bonds. The molecule has 0 atom stereocenters. The van der Waals surface area contributed by atoms with Gasteiger partial charge in [-0.25, -0.2) is 9.78 Å². The molecule has 0 radical (unpaired) electrons. The van der Waals surface area contributed by atoms with Crippen LogP contribution in [-0.2, 0) is 20.2 Å². The number of aromatic nitrogens is 4. The highest BCUT2D eigenvalue weighted by Gasteiger charge is 2.19. The summed E-state index contributed by atoms with van der Waals surface area (Å²) in [6.07, 6.45) is 1.64. The highest BCUT2D eigenvalue weighted by molar-refractivity contribution is 5.70. The summed E-state index contributed by atoms with van der Waals surface area (Å²) in [7, 11) is 1.64. The van der Waals surface area contributed by atoms with Crippen molar-refractivity contribution in [1.82, 2.24) is 19.1 Å². The minimum atomic E-state index is -0.532. The van der Waals surface area contributed by atoms with Gasteiger partial charge in [-0.3, -0.25) is 24.5 Å². The molecule has 148 valence electrons. The third-order valence-electron chi connectivity index (χ3n) is 4.51. The highest BCUT2D eigenvalue weighted by Crippen LogP contribution is 2.28. The number of nitro groups is 1. The van der Waals surface area contributed by atoms with E-state index in [4.69, 9.17) is 4.74 Å². The van der Waals surface area contributed by atoms with Gasteiger partial charge in [0.05, 0.1) is 4.92 Å². The molecule has 3 aromatic rings. The van der Waals surface area contributed by atoms with Gasteiger partial charge in [-0.1, -0.05) is 19.4 Å². The molecule has 0 aliphatic rings. The summed E-state index contributed by atoms with van der Waals surface area (Å²) in [6.45, 7) is 4.15. The minimum Gasteiger partial charge on any atom is -0.479 e. The molecule has 3 rings (SSSR count). The topological polar surface area (TPSA) is 125 Å². The lowest BCUT2D eigenvalue weighted by molar-refractivity contribution is -0.386. The number of unbranched alkanes of at least 4 members (excludes halogenated alkanes) is 1. The number of fused-ring (bicyclic) bond motifs is 1. The molecule has 0 spiro atoms. The first-order chi connectivity index (χ1) is 13.3. The second kappa shape index (κ2) is 7.67. The molecular formula is C18H21N5O5. The first-order valence-corrected chi connectivity index (χ1v) is 8.89. The Bertz CT molecular complexity index is 1160. The number of imidazole rings is 1. The summed E-state index contributed by atoms with van der Waals surface area (Å²) in [6, 6.07) is 4.59. The molecule has 1 N–H and O–H groups in total. The van der Waals surface area contributed by atoms with Gasteiger partial charge in [-0.05, 0) is 25.0 Å². The van der Waals surface area contributed by atoms with Crippen molar-refractivity contribution in [3.63, 3.8) is 0 Å². The summed E-state index contributed by atoms with van der Waals surface area (Å²) in [5.74, 6) is 0.501. The number of hydrogen-bond donors (Lipinski definition) is 1. The third kappa shape index (κ3) is 3.53. The molecule has 0 unspecified atom stereocenters. The number of aromatic amines is 1. The fourth-order valence-corrected chi connectivity index (χ4v) is 2.97. The Balaban J connectivity index is 2.01. The van der Waals surface area contributed by atoms with Crippen molar-refractivity contribution in [1.29, 1.82) is 0 Å². The summed E-state index contributed by atoms with van der Waals surface area (Å²) < 4.78 is 8.61. The average molecular weight is 387 g/mol. The predicted octanol–water partition coefficient (Wildman–Crippen LogP) is 2.02. The Kier molecular flexibility index (Phi) is 5.30. The Morgan fingerprint density at radius 2 is 2.07 bits per heavy atom. The number of benzene rings is 1. The standard InChI is InChI=1S/C18H21N5O5/c1-4-5-8-22-16-15(17(24)20-18(22)25)21(3)14(19-16)10-28-13-9-11(2)6-7-12(13)23(26)27/h6-7,9H,4-5,8,10H2,1-3H3,(H,20,24,25). The van der Waals surface area contributed by atoms with Crippen LogP contribution >= 0.6 is 0 Å². The van der Waals surface area contributed by atoms with Gasteiger partial charge in [0.25, 0.3) is 5.56 Å². The number of H-pyrrole nitrogens is 1. The number of aryl methyl sites for hydroxylation is 3. The van der Waals surface area contributed by atoms with Crippen molar-refractivity contribution in [3.05, 3.63) is 60.5 Å². The van der Waals surface area contributed by atoms with Crippen LogP contribution in [0, 0.1) is 17.0 Å². The molecule has 10 nitrogen and oxygen atoms in total. The SMILES string of the molecule is CCCCn1c(=O)[nH]c(=O)c2c1nc(COc1cc(C)ccc1[N+](=O)[O-])n2C. The van der Waals surface area contributed by atoms with Crippen LogP contribution in [0.3, 0.4) is 0 Å². The lowest BCUT2D eigenvalue weighted by atomic mass is 10.2. The zero-order chi connectivity index (χ0) is 20.4. The van der Waals surface area contributed by atoms with Gasteiger partial charge in [0, 0.05) is 19.7 Å². The molecule has 2 heterocycles. The summed E-state index contributed by atoms with van der Waals surface area (Å²) in [4.78, 5) is 41.8. The van der Waals surface area contributed by atoms with Crippen molar-refractivity contribution in [2.75, 3.05) is 0 Å². The van der Waals surface area contributed by atoms with E-state index in [0.29, 0.717) is 12.4 Å². The fraction of sp³-hybridized carbons (Fsp3) is 0.389. The van der Waals surface area contributed by atoms with E-state index in [2.05, 4.69) is 9.97 Å². The van der Waals surface area contributed by atoms with Crippen LogP contribution in [0.4, 0.5) is 5.69 Å². The normalized spacial score (nSPS) is 11.1. The van der Waals surface area contributed by atoms with Gasteiger partial charge >= 0.3 is 11.4 Å². The Labute approximate surface area is 159 Å². The van der Waals surface area contributed by atoms with Gasteiger partial charge in [-0.15, -0.1) is 0 Å². The molecule has 0 saturated carbocycles. The number of rotatable bonds is 7. The van der Waals surface area contributed by atoms with E-state index in [1.807, 2.05) is 6.92 Å². The lowest BCUT2D eigenvalue weighted by Gasteiger charge is -2.07. The van der Waals surface area contributed by atoms with Gasteiger partial charge in [0.15, 0.2) is 16.9 Å². The van der Waals surface area contributed by atoms with Crippen LogP contribution in [0.25, 0.3) is 11.2 Å². The molecule has 0 fully saturated rings. The quantitative estimate of drug-likeness (QED) is 0.488. The maximum atomic E-state index is 12.3. The fourth-order valence-electron chi connectivity index (χ4n) is 2.97. The number of nitro benzene ring substituents is 1. The molecular weight excluding hydrogens is 366 g/mol. The average Bonchev–Trinajstić information content (AvgIpc) is 2.96. The second-order valence-electron chi connectivity index (χ2n) is 6.54. The largest absolute Gasteiger partial charge is 0.479 e. The molecule has 2 aromatic heterocycles. The van der Waals surface area contributed by atoms with Crippen LogP contribution in [-0.4, -0.2) is 24.0 Å². The van der Waals surface area contributed by atoms with Crippen molar-refractivity contribution in [2.24, 2.45) is 7.05 Å². The maximum absolute atomic E-state index is 12.3. The van der Waals surface area contributed by atoms with Crippen molar-refractivity contribution in [2.45, 2.75) is 39.8 Å². The number of nitrogens with one attached hydrogen (secondary N) is 1. The molecule has 0 aliphatic carbocycles. The van der Waals surface area contributed by atoms with Crippen LogP contribution in [0.5, 0.6) is 5.75 Å². The van der Waals surface area contributed by atoms with E-state index in [1.54, 1.807) is 26.1 Å². The third-order valence-corrected chi connectivity index (χ3v) is 4.51. The first kappa shape index (κ1) is 19.3. The zero-order valence-electron chi connectivity index (χ0n) is 15.9. The highest BCUT2D eigenvalue weighted by atomic mass is 16.6. The van der Waals surface area contributed by atoms with Crippen LogP contribution < -0.4 is 16.0 Å². The maximum Gasteiger partial charge on any atom is 0.330 e. The molecule has 0 bridgehead atoms. The van der Waals surface area contributed by atoms with Crippen LogP contribution in [0.2, 0.25) is 0 Å². The van der Waals surface area contributed by atoms with E-state index in [9.17, 15) is 19.7 Å². The van der Waals surface area contributed by atoms with Crippen molar-refractivity contribution in [3.8, 4) is 5.75 Å². The van der Waals surface area contributed by atoms with Crippen LogP contribution in [0.15, 0.2) is 27.8 Å². The Hall–Kier alpha value is -3.43. The lowest BCUT2D eigenvalue weighted by Crippen LogP contribution is -2.31. The van der Waals surface area contributed by atoms with Crippen molar-refractivity contribution < 1.29 is 9.66 Å². The summed E-state index contributed by atoms with van der Waals surface area (Å²) in [5, 5.41) is 11.2.